The maximum atomic E-state index is 10.9. The minimum Gasteiger partial charge on any atom is -0.507 e. The van der Waals surface area contributed by atoms with Crippen molar-refractivity contribution < 1.29 is 10.2 Å². The van der Waals surface area contributed by atoms with Crippen LogP contribution in [0.3, 0.4) is 0 Å². The van der Waals surface area contributed by atoms with Gasteiger partial charge in [0.25, 0.3) is 0 Å². The summed E-state index contributed by atoms with van der Waals surface area (Å²) in [6.07, 6.45) is 8.52. The van der Waals surface area contributed by atoms with E-state index in [0.717, 1.165) is 37.1 Å². The maximum absolute atomic E-state index is 10.9. The molecule has 0 aromatic carbocycles. The molecule has 1 aromatic rings. The van der Waals surface area contributed by atoms with Gasteiger partial charge in [0.05, 0.1) is 5.56 Å². The van der Waals surface area contributed by atoms with Crippen LogP contribution in [-0.4, -0.2) is 65.4 Å². The van der Waals surface area contributed by atoms with Crippen LogP contribution in [0.2, 0.25) is 5.15 Å². The number of hydrogen-bond acceptors (Lipinski definition) is 7. The summed E-state index contributed by atoms with van der Waals surface area (Å²) in [6.45, 7) is 7.00. The Morgan fingerprint density at radius 3 is 2.61 bits per heavy atom. The molecule has 0 bridgehead atoms. The van der Waals surface area contributed by atoms with E-state index in [4.69, 9.17) is 11.6 Å². The maximum Gasteiger partial charge on any atom is 0.228 e. The molecule has 8 heteroatoms. The number of likely N-dealkylation sites (N-methyl/N-ethyl adjacent to an activating group) is 1. The highest BCUT2D eigenvalue weighted by atomic mass is 35.5. The number of nitrogens with zero attached hydrogens (tertiary/aromatic N) is 4. The van der Waals surface area contributed by atoms with Gasteiger partial charge in [-0.05, 0) is 49.8 Å². The zero-order chi connectivity index (χ0) is 23.1. The fourth-order valence-corrected chi connectivity index (χ4v) is 3.91. The van der Waals surface area contributed by atoms with Gasteiger partial charge >= 0.3 is 0 Å². The lowest BCUT2D eigenvalue weighted by molar-refractivity contribution is 0.229. The molecule has 3 N–H and O–H groups in total. The number of anilines is 2. The van der Waals surface area contributed by atoms with Crippen molar-refractivity contribution in [2.75, 3.05) is 44.5 Å². The molecule has 172 valence electrons. The van der Waals surface area contributed by atoms with E-state index in [1.165, 1.54) is 0 Å². The number of nitrogens with one attached hydrogen (secondary N) is 1. The Bertz CT molecular complexity index is 851. The molecule has 2 heterocycles. The summed E-state index contributed by atoms with van der Waals surface area (Å²) in [5.41, 5.74) is 2.44. The van der Waals surface area contributed by atoms with Gasteiger partial charge in [-0.15, -0.1) is 0 Å². The molecule has 0 radical (unpaired) electrons. The molecular weight excluding hydrogens is 414 g/mol. The van der Waals surface area contributed by atoms with Crippen molar-refractivity contribution in [3.63, 3.8) is 0 Å². The number of halogens is 1. The van der Waals surface area contributed by atoms with Gasteiger partial charge in [0.2, 0.25) is 5.95 Å². The Kier molecular flexibility index (Phi) is 9.19. The van der Waals surface area contributed by atoms with Gasteiger partial charge in [-0.3, -0.25) is 0 Å². The van der Waals surface area contributed by atoms with Gasteiger partial charge in [-0.25, -0.2) is 4.98 Å². The predicted octanol–water partition coefficient (Wildman–Crippen LogP) is 4.47. The second-order valence-electron chi connectivity index (χ2n) is 8.04. The quantitative estimate of drug-likeness (QED) is 0.436. The molecule has 1 fully saturated rings. The Hall–Kier alpha value is -2.25. The summed E-state index contributed by atoms with van der Waals surface area (Å²) in [4.78, 5) is 12.8. The monoisotopic (exact) mass is 449 g/mol. The number of aliphatic hydroxyl groups excluding tert-OH is 2. The second-order valence-corrected chi connectivity index (χ2v) is 8.39. The molecule has 0 saturated heterocycles. The first-order valence-electron chi connectivity index (χ1n) is 10.9. The number of aliphatic hydroxyl groups is 2. The van der Waals surface area contributed by atoms with Crippen LogP contribution in [0.15, 0.2) is 29.5 Å². The minimum absolute atomic E-state index is 0.0272. The molecule has 2 aliphatic rings. The van der Waals surface area contributed by atoms with E-state index in [9.17, 15) is 10.2 Å². The predicted molar refractivity (Wildman–Crippen MR) is 130 cm³/mol. The standard InChI is InChI=1S/C21H30ClN5O2.C2H6/c1-13-9-14(7-8-27(13)4)11-17(29)18-19(22)24-21(26(2)3)25-20(18)23-16-6-5-15(10-16)12-28;1-2/h7,9,11,15-16,28-29H,5-6,8,10,12H2,1-4H3,(H,23,24,25);1-2H3/b17-11-;. The van der Waals surface area contributed by atoms with E-state index >= 15 is 0 Å². The molecule has 2 atom stereocenters. The lowest BCUT2D eigenvalue weighted by Gasteiger charge is -2.22. The Morgan fingerprint density at radius 2 is 2.03 bits per heavy atom. The minimum atomic E-state index is 0.0272. The van der Waals surface area contributed by atoms with Crippen LogP contribution in [-0.2, 0) is 0 Å². The highest BCUT2D eigenvalue weighted by Crippen LogP contribution is 2.34. The molecule has 2 unspecified atom stereocenters. The van der Waals surface area contributed by atoms with E-state index in [1.807, 2.05) is 54.1 Å². The van der Waals surface area contributed by atoms with Crippen molar-refractivity contribution in [2.24, 2.45) is 5.92 Å². The Labute approximate surface area is 191 Å². The summed E-state index contributed by atoms with van der Waals surface area (Å²) in [5.74, 6) is 1.31. The van der Waals surface area contributed by atoms with Crippen molar-refractivity contribution in [3.05, 3.63) is 40.2 Å². The lowest BCUT2D eigenvalue weighted by atomic mass is 10.1. The highest BCUT2D eigenvalue weighted by Gasteiger charge is 2.27. The lowest BCUT2D eigenvalue weighted by Crippen LogP contribution is -2.21. The number of rotatable bonds is 6. The van der Waals surface area contributed by atoms with E-state index in [-0.39, 0.29) is 23.6 Å². The van der Waals surface area contributed by atoms with Gasteiger partial charge in [0.1, 0.15) is 16.7 Å². The molecule has 7 nitrogen and oxygen atoms in total. The van der Waals surface area contributed by atoms with Crippen molar-refractivity contribution >= 4 is 29.1 Å². The summed E-state index contributed by atoms with van der Waals surface area (Å²) in [5, 5.41) is 24.0. The fraction of sp³-hybridized carbons (Fsp3) is 0.565. The number of allylic oxidation sites excluding steroid dienone is 4. The SMILES string of the molecule is CC.CC1=CC(/C=C(\O)c2c(Cl)nc(N(C)C)nc2NC2CCC(CO)C2)=CCN1C. The summed E-state index contributed by atoms with van der Waals surface area (Å²) in [6, 6.07) is 0.171. The van der Waals surface area contributed by atoms with Crippen molar-refractivity contribution in [2.45, 2.75) is 46.1 Å². The third-order valence-electron chi connectivity index (χ3n) is 5.53. The second kappa shape index (κ2) is 11.4. The molecule has 1 aliphatic carbocycles. The summed E-state index contributed by atoms with van der Waals surface area (Å²) >= 11 is 6.48. The molecular formula is C23H36ClN5O2. The van der Waals surface area contributed by atoms with Crippen LogP contribution >= 0.6 is 11.6 Å². The number of aromatic nitrogens is 2. The third-order valence-corrected chi connectivity index (χ3v) is 5.80. The van der Waals surface area contributed by atoms with E-state index in [1.54, 1.807) is 11.0 Å². The normalized spacial score (nSPS) is 21.2. The van der Waals surface area contributed by atoms with Gasteiger partial charge in [0.15, 0.2) is 0 Å². The largest absolute Gasteiger partial charge is 0.507 e. The average molecular weight is 450 g/mol. The van der Waals surface area contributed by atoms with Crippen molar-refractivity contribution in [1.82, 2.24) is 14.9 Å². The zero-order valence-corrected chi connectivity index (χ0v) is 20.2. The average Bonchev–Trinajstić information content (AvgIpc) is 3.19. The van der Waals surface area contributed by atoms with Crippen molar-refractivity contribution in [1.29, 1.82) is 0 Å². The van der Waals surface area contributed by atoms with Crippen LogP contribution in [0.4, 0.5) is 11.8 Å². The first-order chi connectivity index (χ1) is 14.8. The van der Waals surface area contributed by atoms with Crippen LogP contribution in [0.1, 0.15) is 45.6 Å². The first kappa shape index (κ1) is 25.0. The van der Waals surface area contributed by atoms with Crippen LogP contribution < -0.4 is 10.2 Å². The van der Waals surface area contributed by atoms with E-state index in [2.05, 4.69) is 20.2 Å². The van der Waals surface area contributed by atoms with Crippen LogP contribution in [0, 0.1) is 5.92 Å². The van der Waals surface area contributed by atoms with E-state index in [0.29, 0.717) is 23.2 Å². The smallest absolute Gasteiger partial charge is 0.228 e. The topological polar surface area (TPSA) is 84.8 Å². The number of hydrogen-bond donors (Lipinski definition) is 3. The fourth-order valence-electron chi connectivity index (χ4n) is 3.65. The molecule has 1 aromatic heterocycles. The van der Waals surface area contributed by atoms with Crippen LogP contribution in [0.5, 0.6) is 0 Å². The highest BCUT2D eigenvalue weighted by molar-refractivity contribution is 6.31. The Morgan fingerprint density at radius 1 is 1.32 bits per heavy atom. The third kappa shape index (κ3) is 6.37. The molecule has 3 rings (SSSR count). The summed E-state index contributed by atoms with van der Waals surface area (Å²) in [7, 11) is 5.72. The molecule has 1 saturated carbocycles. The van der Waals surface area contributed by atoms with Gasteiger partial charge < -0.3 is 25.3 Å². The van der Waals surface area contributed by atoms with Crippen LogP contribution in [0.25, 0.3) is 5.76 Å². The molecule has 31 heavy (non-hydrogen) atoms. The first-order valence-corrected chi connectivity index (χ1v) is 11.3. The molecule has 1 aliphatic heterocycles. The summed E-state index contributed by atoms with van der Waals surface area (Å²) < 4.78 is 0. The van der Waals surface area contributed by atoms with Gasteiger partial charge in [0, 0.05) is 46.0 Å². The van der Waals surface area contributed by atoms with Crippen molar-refractivity contribution in [3.8, 4) is 0 Å². The zero-order valence-electron chi connectivity index (χ0n) is 19.5. The van der Waals surface area contributed by atoms with Gasteiger partial charge in [-0.2, -0.15) is 4.98 Å². The van der Waals surface area contributed by atoms with E-state index < -0.39 is 0 Å². The Balaban J connectivity index is 0.00000166. The van der Waals surface area contributed by atoms with Gasteiger partial charge in [-0.1, -0.05) is 31.5 Å². The molecule has 0 spiro atoms. The molecule has 0 amide bonds.